The average molecular weight is 400 g/mol. The van der Waals surface area contributed by atoms with Gasteiger partial charge in [0.05, 0.1) is 14.2 Å². The van der Waals surface area contributed by atoms with E-state index in [1.165, 1.54) is 14.2 Å². The first kappa shape index (κ1) is 16.0. The smallest absolute Gasteiger partial charge is 0.327 e. The van der Waals surface area contributed by atoms with Crippen molar-refractivity contribution in [2.75, 3.05) is 14.2 Å². The van der Waals surface area contributed by atoms with Gasteiger partial charge < -0.3 is 9.47 Å². The maximum absolute atomic E-state index is 12.3. The molecule has 1 aliphatic carbocycles. The van der Waals surface area contributed by atoms with E-state index in [9.17, 15) is 9.59 Å². The molecule has 0 bridgehead atoms. The lowest BCUT2D eigenvalue weighted by atomic mass is 9.81. The Labute approximate surface area is 137 Å². The number of hydrogen-bond donors (Lipinski definition) is 0. The van der Waals surface area contributed by atoms with Gasteiger partial charge in [0.1, 0.15) is 0 Å². The van der Waals surface area contributed by atoms with Gasteiger partial charge in [-0.2, -0.15) is 0 Å². The summed E-state index contributed by atoms with van der Waals surface area (Å²) in [5.41, 5.74) is 0.496. The second kappa shape index (κ2) is 6.60. The van der Waals surface area contributed by atoms with Crippen molar-refractivity contribution in [3.05, 3.63) is 41.5 Å². The Balaban J connectivity index is 2.60. The van der Waals surface area contributed by atoms with Crippen molar-refractivity contribution in [3.63, 3.8) is 0 Å². The lowest BCUT2D eigenvalue weighted by Crippen LogP contribution is -2.40. The zero-order chi connectivity index (χ0) is 15.5. The third-order valence-corrected chi connectivity index (χ3v) is 5.13. The number of halogens is 1. The Kier molecular flexibility index (Phi) is 5.03. The second-order valence-electron chi connectivity index (χ2n) is 4.90. The molecule has 1 saturated carbocycles. The molecular weight excluding hydrogens is 383 g/mol. The summed E-state index contributed by atoms with van der Waals surface area (Å²) in [5, 5.41) is 0. The zero-order valence-electron chi connectivity index (χ0n) is 12.0. The van der Waals surface area contributed by atoms with E-state index in [4.69, 9.17) is 9.47 Å². The summed E-state index contributed by atoms with van der Waals surface area (Å²) in [6.07, 6.45) is 1.89. The molecule has 1 aliphatic rings. The van der Waals surface area contributed by atoms with Crippen molar-refractivity contribution in [2.24, 2.45) is 5.41 Å². The number of hydrogen-bond acceptors (Lipinski definition) is 4. The summed E-state index contributed by atoms with van der Waals surface area (Å²) in [6.45, 7) is 0. The van der Waals surface area contributed by atoms with Crippen molar-refractivity contribution < 1.29 is 19.1 Å². The molecule has 1 aromatic carbocycles. The molecule has 0 heterocycles. The Morgan fingerprint density at radius 3 is 2.19 bits per heavy atom. The number of rotatable bonds is 3. The van der Waals surface area contributed by atoms with Crippen LogP contribution in [0.1, 0.15) is 24.8 Å². The molecule has 4 nitrogen and oxygen atoms in total. The molecule has 2 rings (SSSR count). The topological polar surface area (TPSA) is 52.6 Å². The van der Waals surface area contributed by atoms with Crippen LogP contribution in [0.4, 0.5) is 0 Å². The van der Waals surface area contributed by atoms with Gasteiger partial charge in [-0.05, 0) is 53.0 Å². The molecule has 0 aliphatic heterocycles. The molecular formula is C16H17IO4. The highest BCUT2D eigenvalue weighted by atomic mass is 127. The number of benzene rings is 1. The normalized spacial score (nSPS) is 19.0. The number of esters is 2. The predicted molar refractivity (Wildman–Crippen MR) is 87.7 cm³/mol. The number of carbonyl (C=O) groups is 2. The fraction of sp³-hybridized carbons (Fsp3) is 0.375. The lowest BCUT2D eigenvalue weighted by Gasteiger charge is -2.26. The molecule has 1 aromatic rings. The summed E-state index contributed by atoms with van der Waals surface area (Å²) in [6, 6.07) is 9.72. The van der Waals surface area contributed by atoms with Crippen LogP contribution in [-0.2, 0) is 19.1 Å². The molecule has 0 atom stereocenters. The van der Waals surface area contributed by atoms with Crippen LogP contribution in [0, 0.1) is 5.41 Å². The summed E-state index contributed by atoms with van der Waals surface area (Å²) in [4.78, 5) is 24.6. The molecule has 0 saturated heterocycles. The van der Waals surface area contributed by atoms with Gasteiger partial charge in [-0.15, -0.1) is 0 Å². The lowest BCUT2D eigenvalue weighted by molar-refractivity contribution is -0.165. The van der Waals surface area contributed by atoms with Crippen molar-refractivity contribution in [1.29, 1.82) is 0 Å². The summed E-state index contributed by atoms with van der Waals surface area (Å²) in [5.74, 6) is -1.07. The van der Waals surface area contributed by atoms with Gasteiger partial charge in [0.2, 0.25) is 0 Å². The highest BCUT2D eigenvalue weighted by molar-refractivity contribution is 14.1. The monoisotopic (exact) mass is 400 g/mol. The maximum Gasteiger partial charge on any atom is 0.327 e. The highest BCUT2D eigenvalue weighted by Crippen LogP contribution is 2.49. The summed E-state index contributed by atoms with van der Waals surface area (Å²) < 4.78 is 10.7. The molecule has 0 aromatic heterocycles. The third kappa shape index (κ3) is 2.71. The van der Waals surface area contributed by atoms with E-state index < -0.39 is 17.4 Å². The summed E-state index contributed by atoms with van der Waals surface area (Å²) >= 11 is 2.20. The quantitative estimate of drug-likeness (QED) is 0.444. The Morgan fingerprint density at radius 2 is 1.67 bits per heavy atom. The van der Waals surface area contributed by atoms with Crippen molar-refractivity contribution in [3.8, 4) is 0 Å². The van der Waals surface area contributed by atoms with Crippen LogP contribution in [0.15, 0.2) is 35.9 Å². The fourth-order valence-electron chi connectivity index (χ4n) is 2.83. The van der Waals surface area contributed by atoms with E-state index >= 15 is 0 Å². The predicted octanol–water partition coefficient (Wildman–Crippen LogP) is 3.35. The Bertz CT molecular complexity index is 561. The van der Waals surface area contributed by atoms with Gasteiger partial charge in [0, 0.05) is 3.58 Å². The molecule has 112 valence electrons. The van der Waals surface area contributed by atoms with Crippen LogP contribution in [0.25, 0.3) is 3.58 Å². The maximum atomic E-state index is 12.3. The van der Waals surface area contributed by atoms with Crippen LogP contribution in [0.5, 0.6) is 0 Å². The average Bonchev–Trinajstić information content (AvgIpc) is 2.99. The van der Waals surface area contributed by atoms with Gasteiger partial charge in [-0.3, -0.25) is 9.59 Å². The Hall–Kier alpha value is -1.37. The summed E-state index contributed by atoms with van der Waals surface area (Å²) in [7, 11) is 2.61. The van der Waals surface area contributed by atoms with E-state index in [1.807, 2.05) is 30.3 Å². The first-order valence-corrected chi connectivity index (χ1v) is 7.77. The molecule has 0 spiro atoms. The van der Waals surface area contributed by atoms with Crippen LogP contribution < -0.4 is 0 Å². The van der Waals surface area contributed by atoms with Crippen molar-refractivity contribution in [1.82, 2.24) is 0 Å². The van der Waals surface area contributed by atoms with E-state index in [-0.39, 0.29) is 0 Å². The molecule has 0 radical (unpaired) electrons. The largest absolute Gasteiger partial charge is 0.468 e. The van der Waals surface area contributed by atoms with Gasteiger partial charge in [0.15, 0.2) is 5.41 Å². The minimum absolute atomic E-state index is 0.432. The van der Waals surface area contributed by atoms with Crippen LogP contribution in [0.2, 0.25) is 0 Å². The van der Waals surface area contributed by atoms with Crippen LogP contribution in [-0.4, -0.2) is 26.2 Å². The van der Waals surface area contributed by atoms with E-state index in [0.29, 0.717) is 12.8 Å². The number of methoxy groups -OCH3 is 2. The SMILES string of the molecule is COC(=O)C1(C(=O)OC)CCC/C1=C(\I)c1ccccc1. The van der Waals surface area contributed by atoms with E-state index in [1.54, 1.807) is 0 Å². The second-order valence-corrected chi connectivity index (χ2v) is 5.98. The first-order valence-electron chi connectivity index (χ1n) is 6.69. The minimum atomic E-state index is -1.30. The van der Waals surface area contributed by atoms with Crippen LogP contribution >= 0.6 is 22.6 Å². The molecule has 0 N–H and O–H groups in total. The van der Waals surface area contributed by atoms with Crippen LogP contribution in [0.3, 0.4) is 0 Å². The minimum Gasteiger partial charge on any atom is -0.468 e. The fourth-order valence-corrected chi connectivity index (χ4v) is 3.92. The molecule has 21 heavy (non-hydrogen) atoms. The van der Waals surface area contributed by atoms with Crippen molar-refractivity contribution in [2.45, 2.75) is 19.3 Å². The molecule has 1 fully saturated rings. The number of carbonyl (C=O) groups excluding carboxylic acids is 2. The zero-order valence-corrected chi connectivity index (χ0v) is 14.2. The highest BCUT2D eigenvalue weighted by Gasteiger charge is 2.54. The number of ether oxygens (including phenoxy) is 2. The third-order valence-electron chi connectivity index (χ3n) is 3.85. The van der Waals surface area contributed by atoms with Gasteiger partial charge >= 0.3 is 11.9 Å². The van der Waals surface area contributed by atoms with Gasteiger partial charge in [-0.1, -0.05) is 30.3 Å². The molecule has 0 unspecified atom stereocenters. The van der Waals surface area contributed by atoms with E-state index in [2.05, 4.69) is 22.6 Å². The molecule has 0 amide bonds. The first-order chi connectivity index (χ1) is 10.1. The van der Waals surface area contributed by atoms with Crippen molar-refractivity contribution >= 4 is 38.1 Å². The van der Waals surface area contributed by atoms with Gasteiger partial charge in [0.25, 0.3) is 0 Å². The molecule has 5 heteroatoms. The standard InChI is InChI=1S/C16H17IO4/c1-20-14(18)16(15(19)21-2)10-6-9-12(16)13(17)11-7-4-3-5-8-11/h3-5,7-8H,6,9-10H2,1-2H3/b13-12+. The Morgan fingerprint density at radius 1 is 1.10 bits per heavy atom. The van der Waals surface area contributed by atoms with Gasteiger partial charge in [-0.25, -0.2) is 0 Å². The van der Waals surface area contributed by atoms with E-state index in [0.717, 1.165) is 21.1 Å².